The van der Waals surface area contributed by atoms with Crippen LogP contribution >= 0.6 is 11.6 Å². The molecule has 1 saturated carbocycles. The highest BCUT2D eigenvalue weighted by atomic mass is 35.5. The first-order valence-corrected chi connectivity index (χ1v) is 10.7. The lowest BCUT2D eigenvalue weighted by atomic mass is 9.94. The quantitative estimate of drug-likeness (QED) is 0.813. The van der Waals surface area contributed by atoms with Crippen molar-refractivity contribution in [3.63, 3.8) is 0 Å². The number of urea groups is 1. The van der Waals surface area contributed by atoms with Crippen molar-refractivity contribution in [3.8, 4) is 0 Å². The molecule has 7 heteroatoms. The van der Waals surface area contributed by atoms with E-state index in [0.29, 0.717) is 29.7 Å². The largest absolute Gasteiger partial charge is 0.345 e. The molecule has 6 nitrogen and oxygen atoms in total. The molecule has 2 aliphatic rings. The van der Waals surface area contributed by atoms with E-state index in [0.717, 1.165) is 32.5 Å². The Kier molecular flexibility index (Phi) is 7.18. The predicted molar refractivity (Wildman–Crippen MR) is 113 cm³/mol. The minimum Gasteiger partial charge on any atom is -0.345 e. The third-order valence-electron chi connectivity index (χ3n) is 6.02. The van der Waals surface area contributed by atoms with Crippen molar-refractivity contribution < 1.29 is 9.59 Å². The van der Waals surface area contributed by atoms with Crippen LogP contribution < -0.4 is 5.32 Å². The molecule has 1 N–H and O–H groups in total. The van der Waals surface area contributed by atoms with E-state index in [1.807, 2.05) is 35.9 Å². The van der Waals surface area contributed by atoms with Gasteiger partial charge in [0.15, 0.2) is 0 Å². The molecule has 3 amide bonds. The zero-order chi connectivity index (χ0) is 20.1. The Bertz CT molecular complexity index is 685. The van der Waals surface area contributed by atoms with Crippen molar-refractivity contribution >= 4 is 29.2 Å². The first-order valence-electron chi connectivity index (χ1n) is 10.3. The molecule has 28 heavy (non-hydrogen) atoms. The molecule has 0 unspecified atom stereocenters. The molecule has 1 aliphatic carbocycles. The highest BCUT2D eigenvalue weighted by Gasteiger charge is 2.38. The molecule has 1 saturated heterocycles. The Morgan fingerprint density at radius 2 is 1.89 bits per heavy atom. The summed E-state index contributed by atoms with van der Waals surface area (Å²) in [5.74, 6) is 0.666. The van der Waals surface area contributed by atoms with Crippen LogP contribution in [0.1, 0.15) is 32.6 Å². The number of piperazine rings is 1. The summed E-state index contributed by atoms with van der Waals surface area (Å²) >= 11 is 5.99. The molecule has 0 bridgehead atoms. The van der Waals surface area contributed by atoms with Gasteiger partial charge in [0.1, 0.15) is 0 Å². The third-order valence-corrected chi connectivity index (χ3v) is 6.26. The fraction of sp³-hybridized carbons (Fsp3) is 0.619. The van der Waals surface area contributed by atoms with Crippen LogP contribution in [0.25, 0.3) is 0 Å². The molecule has 1 aromatic carbocycles. The molecular weight excluding hydrogens is 376 g/mol. The van der Waals surface area contributed by atoms with Gasteiger partial charge in [-0.3, -0.25) is 9.69 Å². The number of rotatable bonds is 5. The topological polar surface area (TPSA) is 55.9 Å². The number of likely N-dealkylation sites (N-methyl/N-ethyl adjacent to an activating group) is 1. The number of amides is 3. The molecule has 1 heterocycles. The van der Waals surface area contributed by atoms with E-state index in [1.165, 1.54) is 12.8 Å². The van der Waals surface area contributed by atoms with Gasteiger partial charge in [-0.15, -0.1) is 0 Å². The SMILES string of the molecule is CCN(C)C(=O)[C@@H](C1CCCC1)N1CCN(C(=O)Nc2cccc(Cl)c2)CC1. The molecule has 0 spiro atoms. The maximum atomic E-state index is 13.0. The highest BCUT2D eigenvalue weighted by Crippen LogP contribution is 2.32. The van der Waals surface area contributed by atoms with E-state index < -0.39 is 0 Å². The summed E-state index contributed by atoms with van der Waals surface area (Å²) in [5.41, 5.74) is 0.698. The number of nitrogens with zero attached hydrogens (tertiary/aromatic N) is 3. The summed E-state index contributed by atoms with van der Waals surface area (Å²) in [5, 5.41) is 3.51. The molecule has 0 radical (unpaired) electrons. The average molecular weight is 407 g/mol. The van der Waals surface area contributed by atoms with Crippen molar-refractivity contribution in [2.45, 2.75) is 38.6 Å². The molecule has 3 rings (SSSR count). The molecule has 1 atom stereocenters. The van der Waals surface area contributed by atoms with Gasteiger partial charge in [-0.1, -0.05) is 30.5 Å². The van der Waals surface area contributed by atoms with Gasteiger partial charge in [-0.05, 0) is 43.9 Å². The van der Waals surface area contributed by atoms with Crippen molar-refractivity contribution in [1.82, 2.24) is 14.7 Å². The van der Waals surface area contributed by atoms with Crippen LogP contribution in [0.4, 0.5) is 10.5 Å². The van der Waals surface area contributed by atoms with Gasteiger partial charge in [0.05, 0.1) is 6.04 Å². The summed E-state index contributed by atoms with van der Waals surface area (Å²) in [7, 11) is 1.89. The smallest absolute Gasteiger partial charge is 0.321 e. The van der Waals surface area contributed by atoms with Gasteiger partial charge in [0.25, 0.3) is 0 Å². The summed E-state index contributed by atoms with van der Waals surface area (Å²) in [6.07, 6.45) is 4.69. The molecular formula is C21H31ClN4O2. The van der Waals surface area contributed by atoms with Gasteiger partial charge >= 0.3 is 6.03 Å². The van der Waals surface area contributed by atoms with Crippen LogP contribution in [-0.4, -0.2) is 72.5 Å². The van der Waals surface area contributed by atoms with Crippen molar-refractivity contribution in [1.29, 1.82) is 0 Å². The van der Waals surface area contributed by atoms with E-state index in [9.17, 15) is 9.59 Å². The van der Waals surface area contributed by atoms with Crippen LogP contribution in [0.3, 0.4) is 0 Å². The first kappa shape index (κ1) is 20.9. The number of anilines is 1. The number of benzene rings is 1. The Morgan fingerprint density at radius 3 is 2.50 bits per heavy atom. The Balaban J connectivity index is 1.60. The Morgan fingerprint density at radius 1 is 1.21 bits per heavy atom. The average Bonchev–Trinajstić information content (AvgIpc) is 3.22. The molecule has 2 fully saturated rings. The van der Waals surface area contributed by atoms with E-state index >= 15 is 0 Å². The zero-order valence-corrected chi connectivity index (χ0v) is 17.6. The normalized spacial score (nSPS) is 19.5. The van der Waals surface area contributed by atoms with E-state index in [4.69, 9.17) is 11.6 Å². The Hall–Kier alpha value is -1.79. The molecule has 1 aromatic rings. The summed E-state index contributed by atoms with van der Waals surface area (Å²) < 4.78 is 0. The number of nitrogens with one attached hydrogen (secondary N) is 1. The monoisotopic (exact) mass is 406 g/mol. The lowest BCUT2D eigenvalue weighted by Gasteiger charge is -2.41. The van der Waals surface area contributed by atoms with Crippen LogP contribution in [-0.2, 0) is 4.79 Å². The molecule has 154 valence electrons. The van der Waals surface area contributed by atoms with Gasteiger partial charge in [-0.2, -0.15) is 0 Å². The minimum atomic E-state index is -0.115. The minimum absolute atomic E-state index is 0.0504. The van der Waals surface area contributed by atoms with E-state index in [-0.39, 0.29) is 18.0 Å². The standard InChI is InChI=1S/C21H31ClN4O2/c1-3-24(2)20(27)19(16-7-4-5-8-16)25-11-13-26(14-12-25)21(28)23-18-10-6-9-17(22)15-18/h6,9-10,15-16,19H,3-5,7-8,11-14H2,1-2H3,(H,23,28)/t19-/m1/s1. The van der Waals surface area contributed by atoms with E-state index in [2.05, 4.69) is 10.2 Å². The zero-order valence-electron chi connectivity index (χ0n) is 16.9. The lowest BCUT2D eigenvalue weighted by Crippen LogP contribution is -2.58. The Labute approximate surface area is 172 Å². The second kappa shape index (κ2) is 9.61. The van der Waals surface area contributed by atoms with Crippen LogP contribution in [0, 0.1) is 5.92 Å². The van der Waals surface area contributed by atoms with E-state index in [1.54, 1.807) is 12.1 Å². The van der Waals surface area contributed by atoms with Gasteiger partial charge in [0.2, 0.25) is 5.91 Å². The highest BCUT2D eigenvalue weighted by molar-refractivity contribution is 6.30. The van der Waals surface area contributed by atoms with Crippen molar-refractivity contribution in [3.05, 3.63) is 29.3 Å². The second-order valence-electron chi connectivity index (χ2n) is 7.81. The second-order valence-corrected chi connectivity index (χ2v) is 8.24. The summed E-state index contributed by atoms with van der Waals surface area (Å²) in [4.78, 5) is 31.6. The van der Waals surface area contributed by atoms with Crippen LogP contribution in [0.2, 0.25) is 5.02 Å². The first-order chi connectivity index (χ1) is 13.5. The number of carbonyl (C=O) groups excluding carboxylic acids is 2. The number of halogens is 1. The maximum Gasteiger partial charge on any atom is 0.321 e. The van der Waals surface area contributed by atoms with Crippen LogP contribution in [0.15, 0.2) is 24.3 Å². The lowest BCUT2D eigenvalue weighted by molar-refractivity contribution is -0.138. The van der Waals surface area contributed by atoms with Crippen molar-refractivity contribution in [2.75, 3.05) is 45.1 Å². The molecule has 0 aromatic heterocycles. The fourth-order valence-electron chi connectivity index (χ4n) is 4.28. The fourth-order valence-corrected chi connectivity index (χ4v) is 4.47. The van der Waals surface area contributed by atoms with Gasteiger partial charge in [0, 0.05) is 50.5 Å². The van der Waals surface area contributed by atoms with Crippen molar-refractivity contribution in [2.24, 2.45) is 5.92 Å². The predicted octanol–water partition coefficient (Wildman–Crippen LogP) is 3.53. The summed E-state index contributed by atoms with van der Waals surface area (Å²) in [6, 6.07) is 7.00. The number of hydrogen-bond acceptors (Lipinski definition) is 3. The number of hydrogen-bond donors (Lipinski definition) is 1. The van der Waals surface area contributed by atoms with Gasteiger partial charge in [-0.25, -0.2) is 4.79 Å². The number of carbonyl (C=O) groups is 2. The maximum absolute atomic E-state index is 13.0. The molecule has 1 aliphatic heterocycles. The third kappa shape index (κ3) is 4.97. The van der Waals surface area contributed by atoms with Gasteiger partial charge < -0.3 is 15.1 Å². The van der Waals surface area contributed by atoms with Crippen LogP contribution in [0.5, 0.6) is 0 Å². The summed E-state index contributed by atoms with van der Waals surface area (Å²) in [6.45, 7) is 5.45.